The molecule has 0 aliphatic carbocycles. The van der Waals surface area contributed by atoms with Crippen molar-refractivity contribution in [2.75, 3.05) is 23.8 Å². The SMILES string of the molecule is CC1CN(C)c2c(F)cc(F)cc2N1. The Kier molecular flexibility index (Phi) is 2.06. The highest BCUT2D eigenvalue weighted by Crippen LogP contribution is 2.33. The summed E-state index contributed by atoms with van der Waals surface area (Å²) in [6, 6.07) is 2.44. The molecule has 1 aromatic rings. The van der Waals surface area contributed by atoms with Gasteiger partial charge >= 0.3 is 0 Å². The van der Waals surface area contributed by atoms with Gasteiger partial charge in [0.2, 0.25) is 0 Å². The normalized spacial score (nSPS) is 20.3. The van der Waals surface area contributed by atoms with Crippen molar-refractivity contribution in [2.24, 2.45) is 0 Å². The zero-order valence-electron chi connectivity index (χ0n) is 8.14. The van der Waals surface area contributed by atoms with Crippen LogP contribution in [0.1, 0.15) is 6.92 Å². The van der Waals surface area contributed by atoms with Crippen molar-refractivity contribution < 1.29 is 8.78 Å². The van der Waals surface area contributed by atoms with Gasteiger partial charge in [0.1, 0.15) is 5.82 Å². The molecular weight excluding hydrogens is 186 g/mol. The first-order valence-electron chi connectivity index (χ1n) is 4.54. The van der Waals surface area contributed by atoms with Crippen molar-refractivity contribution in [1.82, 2.24) is 0 Å². The van der Waals surface area contributed by atoms with Crippen LogP contribution in [-0.2, 0) is 0 Å². The van der Waals surface area contributed by atoms with E-state index in [2.05, 4.69) is 5.32 Å². The summed E-state index contributed by atoms with van der Waals surface area (Å²) in [4.78, 5) is 1.80. The molecule has 1 N–H and O–H groups in total. The minimum atomic E-state index is -0.545. The van der Waals surface area contributed by atoms with Gasteiger partial charge in [-0.2, -0.15) is 0 Å². The van der Waals surface area contributed by atoms with E-state index in [1.165, 1.54) is 6.07 Å². The van der Waals surface area contributed by atoms with Crippen molar-refractivity contribution in [3.63, 3.8) is 0 Å². The Bertz CT molecular complexity index is 365. The third-order valence-corrected chi connectivity index (χ3v) is 2.36. The highest BCUT2D eigenvalue weighted by Gasteiger charge is 2.22. The maximum atomic E-state index is 13.4. The van der Waals surface area contributed by atoms with Crippen LogP contribution in [0.4, 0.5) is 20.2 Å². The maximum Gasteiger partial charge on any atom is 0.151 e. The van der Waals surface area contributed by atoms with Crippen LogP contribution in [-0.4, -0.2) is 19.6 Å². The molecule has 0 aromatic heterocycles. The molecule has 0 spiro atoms. The van der Waals surface area contributed by atoms with Crippen molar-refractivity contribution >= 4 is 11.4 Å². The molecule has 1 unspecified atom stereocenters. The number of nitrogens with zero attached hydrogens (tertiary/aromatic N) is 1. The largest absolute Gasteiger partial charge is 0.379 e. The first kappa shape index (κ1) is 9.24. The van der Waals surface area contributed by atoms with E-state index in [9.17, 15) is 8.78 Å². The Hall–Kier alpha value is -1.32. The fourth-order valence-electron chi connectivity index (χ4n) is 1.88. The van der Waals surface area contributed by atoms with Crippen LogP contribution in [0.3, 0.4) is 0 Å². The molecule has 1 aliphatic rings. The van der Waals surface area contributed by atoms with Crippen LogP contribution in [0.2, 0.25) is 0 Å². The Morgan fingerprint density at radius 3 is 2.86 bits per heavy atom. The second kappa shape index (κ2) is 3.12. The molecule has 14 heavy (non-hydrogen) atoms. The van der Waals surface area contributed by atoms with Crippen LogP contribution in [0.5, 0.6) is 0 Å². The predicted molar refractivity (Wildman–Crippen MR) is 52.7 cm³/mol. The molecule has 4 heteroatoms. The number of benzene rings is 1. The van der Waals surface area contributed by atoms with Crippen LogP contribution in [0.25, 0.3) is 0 Å². The lowest BCUT2D eigenvalue weighted by Gasteiger charge is -2.33. The molecule has 2 rings (SSSR count). The van der Waals surface area contributed by atoms with Gasteiger partial charge < -0.3 is 10.2 Å². The summed E-state index contributed by atoms with van der Waals surface area (Å²) in [5.41, 5.74) is 0.980. The molecule has 0 amide bonds. The third kappa shape index (κ3) is 1.41. The summed E-state index contributed by atoms with van der Waals surface area (Å²) >= 11 is 0. The lowest BCUT2D eigenvalue weighted by molar-refractivity contribution is 0.575. The summed E-state index contributed by atoms with van der Waals surface area (Å²) in [6.45, 7) is 2.69. The van der Waals surface area contributed by atoms with E-state index < -0.39 is 11.6 Å². The zero-order valence-corrected chi connectivity index (χ0v) is 8.14. The fraction of sp³-hybridized carbons (Fsp3) is 0.400. The summed E-state index contributed by atoms with van der Waals surface area (Å²) in [5, 5.41) is 3.05. The first-order valence-corrected chi connectivity index (χ1v) is 4.54. The molecule has 76 valence electrons. The van der Waals surface area contributed by atoms with E-state index >= 15 is 0 Å². The van der Waals surface area contributed by atoms with Crippen molar-refractivity contribution in [2.45, 2.75) is 13.0 Å². The van der Waals surface area contributed by atoms with Crippen LogP contribution < -0.4 is 10.2 Å². The number of hydrogen-bond acceptors (Lipinski definition) is 2. The van der Waals surface area contributed by atoms with Gasteiger partial charge in [-0.1, -0.05) is 0 Å². The second-order valence-electron chi connectivity index (χ2n) is 3.71. The monoisotopic (exact) mass is 198 g/mol. The topological polar surface area (TPSA) is 15.3 Å². The molecule has 1 aromatic carbocycles. The lowest BCUT2D eigenvalue weighted by atomic mass is 10.1. The number of likely N-dealkylation sites (N-methyl/N-ethyl adjacent to an activating group) is 1. The van der Waals surface area contributed by atoms with Gasteiger partial charge in [-0.25, -0.2) is 8.78 Å². The van der Waals surface area contributed by atoms with Crippen molar-refractivity contribution in [1.29, 1.82) is 0 Å². The van der Waals surface area contributed by atoms with Crippen molar-refractivity contribution in [3.8, 4) is 0 Å². The number of anilines is 2. The molecule has 1 heterocycles. The summed E-state index contributed by atoms with van der Waals surface area (Å²) in [6.07, 6.45) is 0. The molecular formula is C10H12F2N2. The van der Waals surface area contributed by atoms with Crippen LogP contribution in [0, 0.1) is 11.6 Å². The molecule has 0 saturated carbocycles. The Morgan fingerprint density at radius 2 is 2.14 bits per heavy atom. The Morgan fingerprint density at radius 1 is 1.43 bits per heavy atom. The van der Waals surface area contributed by atoms with E-state index in [0.29, 0.717) is 11.4 Å². The summed E-state index contributed by atoms with van der Waals surface area (Å²) < 4.78 is 26.3. The number of nitrogens with one attached hydrogen (secondary N) is 1. The zero-order chi connectivity index (χ0) is 10.3. The average molecular weight is 198 g/mol. The quantitative estimate of drug-likeness (QED) is 0.687. The highest BCUT2D eigenvalue weighted by atomic mass is 19.1. The van der Waals surface area contributed by atoms with E-state index in [0.717, 1.165) is 12.6 Å². The average Bonchev–Trinajstić information content (AvgIpc) is 1.99. The van der Waals surface area contributed by atoms with Gasteiger partial charge in [-0.3, -0.25) is 0 Å². The van der Waals surface area contributed by atoms with E-state index in [4.69, 9.17) is 0 Å². The summed E-state index contributed by atoms with van der Waals surface area (Å²) in [7, 11) is 1.80. The Labute approximate surface area is 81.5 Å². The number of rotatable bonds is 0. The smallest absolute Gasteiger partial charge is 0.151 e. The molecule has 0 fully saturated rings. The van der Waals surface area contributed by atoms with E-state index in [-0.39, 0.29) is 6.04 Å². The lowest BCUT2D eigenvalue weighted by Crippen LogP contribution is -2.38. The number of hydrogen-bond donors (Lipinski definition) is 1. The van der Waals surface area contributed by atoms with E-state index in [1.54, 1.807) is 11.9 Å². The fourth-order valence-corrected chi connectivity index (χ4v) is 1.88. The summed E-state index contributed by atoms with van der Waals surface area (Å²) in [5.74, 6) is -1.06. The second-order valence-corrected chi connectivity index (χ2v) is 3.71. The van der Waals surface area contributed by atoms with Crippen molar-refractivity contribution in [3.05, 3.63) is 23.8 Å². The standard InChI is InChI=1S/C10H12F2N2/c1-6-5-14(2)10-8(12)3-7(11)4-9(10)13-6/h3-4,6,13H,5H2,1-2H3. The minimum Gasteiger partial charge on any atom is -0.379 e. The van der Waals surface area contributed by atoms with Gasteiger partial charge in [-0.15, -0.1) is 0 Å². The molecule has 2 nitrogen and oxygen atoms in total. The van der Waals surface area contributed by atoms with Gasteiger partial charge in [0.25, 0.3) is 0 Å². The van der Waals surface area contributed by atoms with Crippen LogP contribution >= 0.6 is 0 Å². The molecule has 0 bridgehead atoms. The van der Waals surface area contributed by atoms with Gasteiger partial charge in [0.15, 0.2) is 5.82 Å². The molecule has 0 saturated heterocycles. The van der Waals surface area contributed by atoms with Crippen LogP contribution in [0.15, 0.2) is 12.1 Å². The van der Waals surface area contributed by atoms with Gasteiger partial charge in [0.05, 0.1) is 11.4 Å². The van der Waals surface area contributed by atoms with Gasteiger partial charge in [-0.05, 0) is 13.0 Å². The molecule has 0 radical (unpaired) electrons. The minimum absolute atomic E-state index is 0.202. The van der Waals surface area contributed by atoms with E-state index in [1.807, 2.05) is 6.92 Å². The number of fused-ring (bicyclic) bond motifs is 1. The van der Waals surface area contributed by atoms with Gasteiger partial charge in [0, 0.05) is 25.7 Å². The number of halogens is 2. The molecule has 1 atom stereocenters. The third-order valence-electron chi connectivity index (χ3n) is 2.36. The first-order chi connectivity index (χ1) is 6.58. The predicted octanol–water partition coefficient (Wildman–Crippen LogP) is 2.21. The highest BCUT2D eigenvalue weighted by molar-refractivity contribution is 5.73. The molecule has 1 aliphatic heterocycles. The maximum absolute atomic E-state index is 13.4. The Balaban J connectivity index is 2.53.